The molecule has 0 atom stereocenters. The normalized spacial score (nSPS) is 15.3. The van der Waals surface area contributed by atoms with Gasteiger partial charge in [-0.05, 0) is 49.2 Å². The second kappa shape index (κ2) is 7.60. The summed E-state index contributed by atoms with van der Waals surface area (Å²) in [7, 11) is 0. The summed E-state index contributed by atoms with van der Waals surface area (Å²) in [4.78, 5) is 26.4. The van der Waals surface area contributed by atoms with Crippen LogP contribution in [-0.2, 0) is 11.3 Å². The molecule has 3 aromatic rings. The van der Waals surface area contributed by atoms with Crippen molar-refractivity contribution in [3.05, 3.63) is 93.9 Å². The van der Waals surface area contributed by atoms with Crippen molar-refractivity contribution in [2.75, 3.05) is 0 Å². The Labute approximate surface area is 174 Å². The Balaban J connectivity index is 1.65. The fourth-order valence-corrected chi connectivity index (χ4v) is 3.79. The van der Waals surface area contributed by atoms with Crippen LogP contribution in [0.3, 0.4) is 0 Å². The highest BCUT2D eigenvalue weighted by Gasteiger charge is 2.33. The van der Waals surface area contributed by atoms with Gasteiger partial charge in [0, 0.05) is 11.4 Å². The van der Waals surface area contributed by atoms with Crippen LogP contribution >= 0.6 is 11.6 Å². The van der Waals surface area contributed by atoms with E-state index in [1.807, 2.05) is 79.1 Å². The summed E-state index contributed by atoms with van der Waals surface area (Å²) in [5.41, 5.74) is 4.82. The lowest BCUT2D eigenvalue weighted by Crippen LogP contribution is -2.30. The minimum Gasteiger partial charge on any atom is -0.316 e. The highest BCUT2D eigenvalue weighted by Crippen LogP contribution is 2.28. The molecule has 0 spiro atoms. The lowest BCUT2D eigenvalue weighted by Gasteiger charge is -2.11. The Morgan fingerprint density at radius 3 is 2.41 bits per heavy atom. The van der Waals surface area contributed by atoms with Crippen LogP contribution in [-0.4, -0.2) is 21.4 Å². The van der Waals surface area contributed by atoms with Crippen molar-refractivity contribution in [3.63, 3.8) is 0 Å². The fourth-order valence-electron chi connectivity index (χ4n) is 3.57. The van der Waals surface area contributed by atoms with E-state index in [1.54, 1.807) is 6.08 Å². The van der Waals surface area contributed by atoms with Crippen LogP contribution in [0, 0.1) is 13.8 Å². The van der Waals surface area contributed by atoms with Gasteiger partial charge in [-0.1, -0.05) is 54.1 Å². The molecule has 1 saturated heterocycles. The number of nitrogens with one attached hydrogen (secondary N) is 1. The molecule has 0 radical (unpaired) electrons. The first-order valence-corrected chi connectivity index (χ1v) is 9.66. The van der Waals surface area contributed by atoms with E-state index in [1.165, 1.54) is 4.90 Å². The molecule has 4 rings (SSSR count). The highest BCUT2D eigenvalue weighted by atomic mass is 35.5. The zero-order valence-electron chi connectivity index (χ0n) is 16.1. The van der Waals surface area contributed by atoms with E-state index in [4.69, 9.17) is 11.6 Å². The Morgan fingerprint density at radius 2 is 1.69 bits per heavy atom. The third-order valence-electron chi connectivity index (χ3n) is 5.01. The Hall–Kier alpha value is -3.31. The van der Waals surface area contributed by atoms with Crippen LogP contribution in [0.1, 0.15) is 22.5 Å². The zero-order chi connectivity index (χ0) is 20.5. The maximum absolute atomic E-state index is 12.8. The lowest BCUT2D eigenvalue weighted by molar-refractivity contribution is -0.123. The molecule has 2 heterocycles. The molecule has 5 nitrogen and oxygen atoms in total. The van der Waals surface area contributed by atoms with Gasteiger partial charge in [-0.15, -0.1) is 0 Å². The minimum atomic E-state index is -0.412. The average Bonchev–Trinajstić information content (AvgIpc) is 3.13. The predicted molar refractivity (Wildman–Crippen MR) is 114 cm³/mol. The number of carbonyl (C=O) groups excluding carboxylic acids is 2. The zero-order valence-corrected chi connectivity index (χ0v) is 16.9. The van der Waals surface area contributed by atoms with E-state index in [0.717, 1.165) is 28.2 Å². The first-order chi connectivity index (χ1) is 14.0. The summed E-state index contributed by atoms with van der Waals surface area (Å²) in [6, 6.07) is 18.6. The van der Waals surface area contributed by atoms with Crippen molar-refractivity contribution in [1.82, 2.24) is 14.8 Å². The number of carbonyl (C=O) groups is 2. The Kier molecular flexibility index (Phi) is 4.99. The van der Waals surface area contributed by atoms with Crippen LogP contribution in [0.5, 0.6) is 0 Å². The van der Waals surface area contributed by atoms with E-state index >= 15 is 0 Å². The standard InChI is InChI=1S/C23H20ClN3O2/c1-15-12-18(16(2)27(15)21-11-7-6-10-19(21)24)13-20-22(28)26(23(29)25-20)14-17-8-4-3-5-9-17/h3-13H,14H2,1-2H3,(H,25,29)/b20-13-. The van der Waals surface area contributed by atoms with Crippen molar-refractivity contribution < 1.29 is 9.59 Å². The average molecular weight is 406 g/mol. The van der Waals surface area contributed by atoms with E-state index in [-0.39, 0.29) is 18.1 Å². The molecule has 0 aliphatic carbocycles. The van der Waals surface area contributed by atoms with E-state index in [0.29, 0.717) is 5.02 Å². The molecule has 29 heavy (non-hydrogen) atoms. The smallest absolute Gasteiger partial charge is 0.316 e. The maximum Gasteiger partial charge on any atom is 0.329 e. The largest absolute Gasteiger partial charge is 0.329 e. The number of hydrogen-bond donors (Lipinski definition) is 1. The molecule has 1 N–H and O–H groups in total. The molecule has 1 aliphatic heterocycles. The molecule has 3 amide bonds. The molecular weight excluding hydrogens is 386 g/mol. The van der Waals surface area contributed by atoms with Gasteiger partial charge in [0.05, 0.1) is 17.3 Å². The molecule has 0 bridgehead atoms. The van der Waals surface area contributed by atoms with E-state index in [9.17, 15) is 9.59 Å². The summed E-state index contributed by atoms with van der Waals surface area (Å²) < 4.78 is 2.04. The van der Waals surface area contributed by atoms with Gasteiger partial charge in [0.15, 0.2) is 0 Å². The number of hydrogen-bond acceptors (Lipinski definition) is 2. The second-order valence-electron chi connectivity index (χ2n) is 6.98. The number of urea groups is 1. The van der Waals surface area contributed by atoms with Gasteiger partial charge in [-0.3, -0.25) is 9.69 Å². The number of halogens is 1. The molecule has 6 heteroatoms. The molecular formula is C23H20ClN3O2. The third kappa shape index (κ3) is 3.57. The van der Waals surface area contributed by atoms with Gasteiger partial charge in [0.1, 0.15) is 5.70 Å². The maximum atomic E-state index is 12.8. The number of aromatic nitrogens is 1. The van der Waals surface area contributed by atoms with Crippen LogP contribution in [0.4, 0.5) is 4.79 Å². The van der Waals surface area contributed by atoms with Crippen LogP contribution in [0.15, 0.2) is 66.4 Å². The van der Waals surface area contributed by atoms with Crippen molar-refractivity contribution >= 4 is 29.6 Å². The summed E-state index contributed by atoms with van der Waals surface area (Å²) in [5.74, 6) is -0.332. The van der Waals surface area contributed by atoms with E-state index in [2.05, 4.69) is 5.32 Å². The van der Waals surface area contributed by atoms with Crippen molar-refractivity contribution in [3.8, 4) is 5.69 Å². The number of rotatable bonds is 4. The highest BCUT2D eigenvalue weighted by molar-refractivity contribution is 6.32. The predicted octanol–water partition coefficient (Wildman–Crippen LogP) is 4.84. The minimum absolute atomic E-state index is 0.238. The first kappa shape index (κ1) is 19.0. The number of para-hydroxylation sites is 1. The molecule has 1 fully saturated rings. The van der Waals surface area contributed by atoms with Gasteiger partial charge < -0.3 is 9.88 Å². The number of imide groups is 1. The van der Waals surface area contributed by atoms with Crippen LogP contribution in [0.2, 0.25) is 5.02 Å². The topological polar surface area (TPSA) is 54.3 Å². The number of aryl methyl sites for hydroxylation is 1. The van der Waals surface area contributed by atoms with Gasteiger partial charge >= 0.3 is 6.03 Å². The molecule has 1 aromatic heterocycles. The van der Waals surface area contributed by atoms with Crippen LogP contribution in [0.25, 0.3) is 11.8 Å². The van der Waals surface area contributed by atoms with E-state index < -0.39 is 6.03 Å². The Bertz CT molecular complexity index is 1130. The summed E-state index contributed by atoms with van der Waals surface area (Å²) in [6.45, 7) is 4.18. The summed E-state index contributed by atoms with van der Waals surface area (Å²) in [6.07, 6.45) is 1.72. The summed E-state index contributed by atoms with van der Waals surface area (Å²) in [5, 5.41) is 3.34. The third-order valence-corrected chi connectivity index (χ3v) is 5.33. The van der Waals surface area contributed by atoms with Crippen molar-refractivity contribution in [2.45, 2.75) is 20.4 Å². The fraction of sp³-hybridized carbons (Fsp3) is 0.130. The van der Waals surface area contributed by atoms with Crippen molar-refractivity contribution in [1.29, 1.82) is 0 Å². The first-order valence-electron chi connectivity index (χ1n) is 9.28. The molecule has 2 aromatic carbocycles. The van der Waals surface area contributed by atoms with Crippen molar-refractivity contribution in [2.24, 2.45) is 0 Å². The van der Waals surface area contributed by atoms with Gasteiger partial charge in [0.2, 0.25) is 0 Å². The molecule has 0 saturated carbocycles. The van der Waals surface area contributed by atoms with Gasteiger partial charge in [-0.25, -0.2) is 4.79 Å². The molecule has 146 valence electrons. The molecule has 0 unspecified atom stereocenters. The monoisotopic (exact) mass is 405 g/mol. The SMILES string of the molecule is Cc1cc(/C=C2\NC(=O)N(Cc3ccccc3)C2=O)c(C)n1-c1ccccc1Cl. The van der Waals surface area contributed by atoms with Gasteiger partial charge in [-0.2, -0.15) is 0 Å². The number of benzene rings is 2. The van der Waals surface area contributed by atoms with Gasteiger partial charge in [0.25, 0.3) is 5.91 Å². The Morgan fingerprint density at radius 1 is 1.00 bits per heavy atom. The second-order valence-corrected chi connectivity index (χ2v) is 7.39. The summed E-state index contributed by atoms with van der Waals surface area (Å²) >= 11 is 6.37. The van der Waals surface area contributed by atoms with Crippen LogP contribution < -0.4 is 5.32 Å². The quantitative estimate of drug-likeness (QED) is 0.498. The lowest BCUT2D eigenvalue weighted by atomic mass is 10.2. The molecule has 1 aliphatic rings. The number of nitrogens with zero attached hydrogens (tertiary/aromatic N) is 2. The number of amides is 3.